The third-order valence-electron chi connectivity index (χ3n) is 3.44. The molecular weight excluding hydrogens is 294 g/mol. The summed E-state index contributed by atoms with van der Waals surface area (Å²) in [5.74, 6) is 0.768. The number of para-hydroxylation sites is 1. The van der Waals surface area contributed by atoms with Crippen LogP contribution in [0.5, 0.6) is 5.75 Å². The Morgan fingerprint density at radius 1 is 1.14 bits per heavy atom. The minimum atomic E-state index is -0.0521. The van der Waals surface area contributed by atoms with Gasteiger partial charge in [-0.1, -0.05) is 36.4 Å². The van der Waals surface area contributed by atoms with Crippen LogP contribution >= 0.6 is 11.3 Å². The molecule has 0 fully saturated rings. The molecule has 2 aromatic carbocycles. The number of amides is 1. The van der Waals surface area contributed by atoms with Gasteiger partial charge < -0.3 is 10.1 Å². The number of rotatable bonds is 5. The Kier molecular flexibility index (Phi) is 4.39. The van der Waals surface area contributed by atoms with Crippen LogP contribution in [0.25, 0.3) is 10.1 Å². The van der Waals surface area contributed by atoms with Crippen LogP contribution in [0, 0.1) is 0 Å². The van der Waals surface area contributed by atoms with Gasteiger partial charge in [0.05, 0.1) is 12.2 Å². The minimum Gasteiger partial charge on any atom is -0.494 e. The van der Waals surface area contributed by atoms with Crippen LogP contribution in [-0.2, 0) is 6.54 Å². The molecule has 3 nitrogen and oxygen atoms in total. The number of fused-ring (bicyclic) bond motifs is 1. The quantitative estimate of drug-likeness (QED) is 0.766. The largest absolute Gasteiger partial charge is 0.494 e. The molecule has 0 spiro atoms. The monoisotopic (exact) mass is 311 g/mol. The van der Waals surface area contributed by atoms with E-state index in [-0.39, 0.29) is 5.91 Å². The Labute approximate surface area is 133 Å². The molecule has 0 atom stereocenters. The number of carbonyl (C=O) groups is 1. The topological polar surface area (TPSA) is 38.3 Å². The average molecular weight is 311 g/mol. The fourth-order valence-electron chi connectivity index (χ4n) is 2.37. The SMILES string of the molecule is CCOc1ccccc1CNC(=O)c1csc2ccccc12. The Morgan fingerprint density at radius 2 is 1.91 bits per heavy atom. The minimum absolute atomic E-state index is 0.0521. The van der Waals surface area contributed by atoms with Crippen LogP contribution in [0.1, 0.15) is 22.8 Å². The van der Waals surface area contributed by atoms with E-state index in [1.165, 1.54) is 0 Å². The molecule has 1 heterocycles. The van der Waals surface area contributed by atoms with Crippen molar-refractivity contribution in [1.29, 1.82) is 0 Å². The van der Waals surface area contributed by atoms with Crippen molar-refractivity contribution in [3.63, 3.8) is 0 Å². The van der Waals surface area contributed by atoms with Crippen molar-refractivity contribution in [3.05, 3.63) is 65.0 Å². The second kappa shape index (κ2) is 6.62. The van der Waals surface area contributed by atoms with Crippen molar-refractivity contribution in [1.82, 2.24) is 5.32 Å². The molecule has 1 amide bonds. The molecule has 0 unspecified atom stereocenters. The summed E-state index contributed by atoms with van der Waals surface area (Å²) in [4.78, 5) is 12.4. The van der Waals surface area contributed by atoms with Gasteiger partial charge in [0.15, 0.2) is 0 Å². The molecule has 112 valence electrons. The average Bonchev–Trinajstić information content (AvgIpc) is 2.98. The maximum atomic E-state index is 12.4. The number of thiophene rings is 1. The third-order valence-corrected chi connectivity index (χ3v) is 4.40. The second-order valence-corrected chi connectivity index (χ2v) is 5.78. The van der Waals surface area contributed by atoms with Crippen LogP contribution in [0.2, 0.25) is 0 Å². The number of benzene rings is 2. The van der Waals surface area contributed by atoms with Crippen molar-refractivity contribution in [2.45, 2.75) is 13.5 Å². The lowest BCUT2D eigenvalue weighted by molar-refractivity contribution is 0.0952. The number of carbonyl (C=O) groups excluding carboxylic acids is 1. The van der Waals surface area contributed by atoms with Crippen LogP contribution < -0.4 is 10.1 Å². The van der Waals surface area contributed by atoms with Gasteiger partial charge in [0.1, 0.15) is 5.75 Å². The molecule has 0 aliphatic rings. The van der Waals surface area contributed by atoms with Crippen molar-refractivity contribution in [2.24, 2.45) is 0 Å². The first-order valence-electron chi connectivity index (χ1n) is 7.24. The molecule has 0 aliphatic heterocycles. The standard InChI is InChI=1S/C18H17NO2S/c1-2-21-16-9-5-3-7-13(16)11-19-18(20)15-12-22-17-10-6-4-8-14(15)17/h3-10,12H,2,11H2,1H3,(H,19,20). The van der Waals surface area contributed by atoms with Crippen LogP contribution in [-0.4, -0.2) is 12.5 Å². The fourth-order valence-corrected chi connectivity index (χ4v) is 3.31. The molecule has 1 N–H and O–H groups in total. The molecule has 4 heteroatoms. The highest BCUT2D eigenvalue weighted by molar-refractivity contribution is 7.17. The first kappa shape index (κ1) is 14.6. The zero-order valence-corrected chi connectivity index (χ0v) is 13.2. The molecule has 1 aromatic heterocycles. The van der Waals surface area contributed by atoms with E-state index in [1.54, 1.807) is 11.3 Å². The Hall–Kier alpha value is -2.33. The number of nitrogens with one attached hydrogen (secondary N) is 1. The van der Waals surface area contributed by atoms with Crippen molar-refractivity contribution in [3.8, 4) is 5.75 Å². The highest BCUT2D eigenvalue weighted by Crippen LogP contribution is 2.25. The number of hydrogen-bond acceptors (Lipinski definition) is 3. The highest BCUT2D eigenvalue weighted by atomic mass is 32.1. The van der Waals surface area contributed by atoms with Gasteiger partial charge in [0.2, 0.25) is 0 Å². The summed E-state index contributed by atoms with van der Waals surface area (Å²) < 4.78 is 6.71. The lowest BCUT2D eigenvalue weighted by Crippen LogP contribution is -2.22. The summed E-state index contributed by atoms with van der Waals surface area (Å²) in [5, 5.41) is 5.89. The Bertz CT molecular complexity index is 794. The number of hydrogen-bond donors (Lipinski definition) is 1. The molecule has 22 heavy (non-hydrogen) atoms. The zero-order chi connectivity index (χ0) is 15.4. The van der Waals surface area contributed by atoms with E-state index in [1.807, 2.05) is 60.8 Å². The van der Waals surface area contributed by atoms with E-state index in [0.717, 1.165) is 27.0 Å². The van der Waals surface area contributed by atoms with Gasteiger partial charge in [-0.2, -0.15) is 0 Å². The summed E-state index contributed by atoms with van der Waals surface area (Å²) in [5.41, 5.74) is 1.71. The molecular formula is C18H17NO2S. The van der Waals surface area contributed by atoms with E-state index in [4.69, 9.17) is 4.74 Å². The van der Waals surface area contributed by atoms with E-state index < -0.39 is 0 Å². The van der Waals surface area contributed by atoms with Gasteiger partial charge in [0, 0.05) is 27.6 Å². The van der Waals surface area contributed by atoms with Crippen LogP contribution in [0.15, 0.2) is 53.9 Å². The van der Waals surface area contributed by atoms with Gasteiger partial charge in [0.25, 0.3) is 5.91 Å². The maximum absolute atomic E-state index is 12.4. The van der Waals surface area contributed by atoms with Crippen molar-refractivity contribution in [2.75, 3.05) is 6.61 Å². The van der Waals surface area contributed by atoms with Crippen molar-refractivity contribution >= 4 is 27.3 Å². The first-order chi connectivity index (χ1) is 10.8. The summed E-state index contributed by atoms with van der Waals surface area (Å²) in [6.07, 6.45) is 0. The molecule has 3 rings (SSSR count). The second-order valence-electron chi connectivity index (χ2n) is 4.87. The highest BCUT2D eigenvalue weighted by Gasteiger charge is 2.12. The lowest BCUT2D eigenvalue weighted by atomic mass is 10.1. The summed E-state index contributed by atoms with van der Waals surface area (Å²) in [6, 6.07) is 15.7. The van der Waals surface area contributed by atoms with E-state index in [2.05, 4.69) is 5.32 Å². The van der Waals surface area contributed by atoms with Gasteiger partial charge in [-0.05, 0) is 19.1 Å². The van der Waals surface area contributed by atoms with Gasteiger partial charge >= 0.3 is 0 Å². The summed E-state index contributed by atoms with van der Waals surface area (Å²) >= 11 is 1.59. The van der Waals surface area contributed by atoms with Crippen LogP contribution in [0.3, 0.4) is 0 Å². The fraction of sp³-hybridized carbons (Fsp3) is 0.167. The first-order valence-corrected chi connectivity index (χ1v) is 8.12. The molecule has 0 radical (unpaired) electrons. The smallest absolute Gasteiger partial charge is 0.253 e. The van der Waals surface area contributed by atoms with E-state index in [0.29, 0.717) is 13.2 Å². The maximum Gasteiger partial charge on any atom is 0.253 e. The normalized spacial score (nSPS) is 10.6. The van der Waals surface area contributed by atoms with Gasteiger partial charge in [-0.3, -0.25) is 4.79 Å². The predicted octanol–water partition coefficient (Wildman–Crippen LogP) is 4.23. The molecule has 0 bridgehead atoms. The van der Waals surface area contributed by atoms with E-state index >= 15 is 0 Å². The Morgan fingerprint density at radius 3 is 2.77 bits per heavy atom. The lowest BCUT2D eigenvalue weighted by Gasteiger charge is -2.10. The number of ether oxygens (including phenoxy) is 1. The zero-order valence-electron chi connectivity index (χ0n) is 12.3. The summed E-state index contributed by atoms with van der Waals surface area (Å²) in [7, 11) is 0. The predicted molar refractivity (Wildman–Crippen MR) is 90.6 cm³/mol. The Balaban J connectivity index is 1.75. The van der Waals surface area contributed by atoms with Gasteiger partial charge in [-0.15, -0.1) is 11.3 Å². The van der Waals surface area contributed by atoms with Crippen LogP contribution in [0.4, 0.5) is 0 Å². The van der Waals surface area contributed by atoms with Gasteiger partial charge in [-0.25, -0.2) is 0 Å². The molecule has 0 aliphatic carbocycles. The van der Waals surface area contributed by atoms with Crippen molar-refractivity contribution < 1.29 is 9.53 Å². The molecule has 0 saturated heterocycles. The molecule has 3 aromatic rings. The summed E-state index contributed by atoms with van der Waals surface area (Å²) in [6.45, 7) is 3.02. The van der Waals surface area contributed by atoms with E-state index in [9.17, 15) is 4.79 Å². The third kappa shape index (κ3) is 2.97. The molecule has 0 saturated carbocycles.